The molecule has 3 aliphatic carbocycles. The molecule has 0 radical (unpaired) electrons. The summed E-state index contributed by atoms with van der Waals surface area (Å²) in [5.41, 5.74) is 0.292. The van der Waals surface area contributed by atoms with E-state index in [1.54, 1.807) is 0 Å². The van der Waals surface area contributed by atoms with E-state index in [9.17, 15) is 39.0 Å². The van der Waals surface area contributed by atoms with Gasteiger partial charge in [-0.15, -0.1) is 0 Å². The topological polar surface area (TPSA) is 214 Å². The van der Waals surface area contributed by atoms with E-state index in [1.165, 1.54) is 4.90 Å². The van der Waals surface area contributed by atoms with Crippen molar-refractivity contribution in [3.05, 3.63) is 0 Å². The van der Waals surface area contributed by atoms with Gasteiger partial charge < -0.3 is 38.7 Å². The van der Waals surface area contributed by atoms with Gasteiger partial charge >= 0.3 is 23.9 Å². The fourth-order valence-corrected chi connectivity index (χ4v) is 8.09. The SMILES string of the molecule is CC(=O)OC[C@H]1O[C@@H](O/N=C2\C[C@@H](O)[C@@H](O)[C@@H]3[C@@H]4C(=O)N(C5CCCCC5)C(=O)[C@@H]4CC[C@H]23)C(OC(C)=O)[C@@H](OC(C)=O)C1OC(C)=O. The summed E-state index contributed by atoms with van der Waals surface area (Å²) in [6, 6.07) is -0.174. The monoisotopic (exact) mass is 680 g/mol. The number of aliphatic hydroxyl groups is 2. The quantitative estimate of drug-likeness (QED) is 0.155. The van der Waals surface area contributed by atoms with E-state index in [0.717, 1.165) is 59.8 Å². The molecule has 0 aromatic heterocycles. The Morgan fingerprint density at radius 3 is 2.02 bits per heavy atom. The van der Waals surface area contributed by atoms with Crippen LogP contribution in [0.2, 0.25) is 0 Å². The number of ether oxygens (including phenoxy) is 5. The molecule has 2 amide bonds. The molecule has 16 nitrogen and oxygen atoms in total. The number of esters is 4. The van der Waals surface area contributed by atoms with Gasteiger partial charge in [-0.05, 0) is 25.7 Å². The van der Waals surface area contributed by atoms with Gasteiger partial charge in [0, 0.05) is 52.0 Å². The van der Waals surface area contributed by atoms with Gasteiger partial charge in [-0.2, -0.15) is 0 Å². The molecular weight excluding hydrogens is 636 g/mol. The molecule has 2 heterocycles. The summed E-state index contributed by atoms with van der Waals surface area (Å²) in [5, 5.41) is 26.5. The molecule has 5 fully saturated rings. The molecule has 5 rings (SSSR count). The molecule has 0 aromatic rings. The fourth-order valence-electron chi connectivity index (χ4n) is 8.09. The minimum absolute atomic E-state index is 0.126. The van der Waals surface area contributed by atoms with Crippen LogP contribution in [0.15, 0.2) is 5.16 Å². The zero-order chi connectivity index (χ0) is 34.9. The number of likely N-dealkylation sites (tertiary alicyclic amines) is 1. The second-order valence-corrected chi connectivity index (χ2v) is 13.2. The average Bonchev–Trinajstić information content (AvgIpc) is 3.28. The van der Waals surface area contributed by atoms with Crippen LogP contribution in [-0.4, -0.2) is 112 Å². The Kier molecular flexibility index (Phi) is 11.0. The first-order valence-corrected chi connectivity index (χ1v) is 16.5. The van der Waals surface area contributed by atoms with Crippen LogP contribution in [0, 0.1) is 23.7 Å². The zero-order valence-electron chi connectivity index (χ0n) is 27.5. The Morgan fingerprint density at radius 1 is 0.792 bits per heavy atom. The van der Waals surface area contributed by atoms with Gasteiger partial charge in [-0.3, -0.25) is 33.7 Å². The van der Waals surface area contributed by atoms with Crippen molar-refractivity contribution >= 4 is 41.4 Å². The van der Waals surface area contributed by atoms with E-state index in [0.29, 0.717) is 18.6 Å². The maximum Gasteiger partial charge on any atom is 0.303 e. The zero-order valence-corrected chi connectivity index (χ0v) is 27.5. The predicted octanol–water partition coefficient (Wildman–Crippen LogP) is 0.528. The van der Waals surface area contributed by atoms with Crippen LogP contribution < -0.4 is 0 Å². The van der Waals surface area contributed by atoms with Crippen molar-refractivity contribution in [3.63, 3.8) is 0 Å². The summed E-state index contributed by atoms with van der Waals surface area (Å²) in [4.78, 5) is 82.6. The Labute approximate surface area is 277 Å². The summed E-state index contributed by atoms with van der Waals surface area (Å²) >= 11 is 0. The number of hydrogen-bond acceptors (Lipinski definition) is 15. The number of hydrogen-bond donors (Lipinski definition) is 2. The van der Waals surface area contributed by atoms with Gasteiger partial charge in [0.25, 0.3) is 6.29 Å². The van der Waals surface area contributed by atoms with E-state index in [4.69, 9.17) is 28.5 Å². The summed E-state index contributed by atoms with van der Waals surface area (Å²) in [5.74, 6) is -6.45. The number of rotatable bonds is 8. The van der Waals surface area contributed by atoms with Crippen LogP contribution in [0.4, 0.5) is 0 Å². The molecule has 48 heavy (non-hydrogen) atoms. The van der Waals surface area contributed by atoms with Crippen molar-refractivity contribution in [2.24, 2.45) is 28.8 Å². The van der Waals surface area contributed by atoms with E-state index < -0.39 is 97.1 Å². The number of carbonyl (C=O) groups excluding carboxylic acids is 6. The van der Waals surface area contributed by atoms with Crippen molar-refractivity contribution in [2.75, 3.05) is 6.61 Å². The molecule has 16 heteroatoms. The average molecular weight is 681 g/mol. The molecule has 0 aromatic carbocycles. The lowest BCUT2D eigenvalue weighted by atomic mass is 9.60. The number of amides is 2. The maximum absolute atomic E-state index is 13.9. The highest BCUT2D eigenvalue weighted by Gasteiger charge is 2.61. The van der Waals surface area contributed by atoms with E-state index >= 15 is 0 Å². The second kappa shape index (κ2) is 14.9. The summed E-state index contributed by atoms with van der Waals surface area (Å²) < 4.78 is 27.3. The van der Waals surface area contributed by atoms with Crippen LogP contribution in [0.1, 0.15) is 79.1 Å². The van der Waals surface area contributed by atoms with Crippen molar-refractivity contribution in [3.8, 4) is 0 Å². The lowest BCUT2D eigenvalue weighted by molar-refractivity contribution is -0.308. The van der Waals surface area contributed by atoms with Crippen molar-refractivity contribution < 1.29 is 67.5 Å². The highest BCUT2D eigenvalue weighted by molar-refractivity contribution is 6.06. The van der Waals surface area contributed by atoms with Gasteiger partial charge in [0.15, 0.2) is 12.2 Å². The van der Waals surface area contributed by atoms with Crippen LogP contribution in [0.5, 0.6) is 0 Å². The summed E-state index contributed by atoms with van der Waals surface area (Å²) in [7, 11) is 0. The lowest BCUT2D eigenvalue weighted by Gasteiger charge is -2.46. The maximum atomic E-state index is 13.9. The predicted molar refractivity (Wildman–Crippen MR) is 159 cm³/mol. The van der Waals surface area contributed by atoms with Gasteiger partial charge in [0.1, 0.15) is 12.7 Å². The molecule has 3 saturated carbocycles. The molecule has 2 saturated heterocycles. The van der Waals surface area contributed by atoms with E-state index in [-0.39, 0.29) is 24.3 Å². The van der Waals surface area contributed by atoms with Crippen LogP contribution >= 0.6 is 0 Å². The first kappa shape index (κ1) is 35.7. The van der Waals surface area contributed by atoms with E-state index in [1.807, 2.05) is 0 Å². The Hall–Kier alpha value is -3.63. The minimum atomic E-state index is -1.59. The molecule has 2 aliphatic heterocycles. The third-order valence-corrected chi connectivity index (χ3v) is 9.98. The number of oxime groups is 1. The largest absolute Gasteiger partial charge is 0.463 e. The third kappa shape index (κ3) is 7.34. The molecular formula is C32H44N2O14. The minimum Gasteiger partial charge on any atom is -0.463 e. The van der Waals surface area contributed by atoms with Crippen LogP contribution in [-0.2, 0) is 57.3 Å². The molecule has 11 atom stereocenters. The summed E-state index contributed by atoms with van der Waals surface area (Å²) in [6.45, 7) is 3.99. The summed E-state index contributed by atoms with van der Waals surface area (Å²) in [6.07, 6.45) is -4.81. The van der Waals surface area contributed by atoms with Crippen LogP contribution in [0.25, 0.3) is 0 Å². The number of imide groups is 1. The Balaban J connectivity index is 1.44. The van der Waals surface area contributed by atoms with Crippen LogP contribution in [0.3, 0.4) is 0 Å². The number of nitrogens with zero attached hydrogens (tertiary/aromatic N) is 2. The normalized spacial score (nSPS) is 37.7. The molecule has 2 N–H and O–H groups in total. The second-order valence-electron chi connectivity index (χ2n) is 13.2. The third-order valence-electron chi connectivity index (χ3n) is 9.98. The van der Waals surface area contributed by atoms with E-state index in [2.05, 4.69) is 5.16 Å². The Bertz CT molecular complexity index is 1310. The smallest absolute Gasteiger partial charge is 0.303 e. The Morgan fingerprint density at radius 2 is 1.40 bits per heavy atom. The molecule has 5 aliphatic rings. The van der Waals surface area contributed by atoms with Crippen molar-refractivity contribution in [1.82, 2.24) is 4.90 Å². The molecule has 0 spiro atoms. The lowest BCUT2D eigenvalue weighted by Crippen LogP contribution is -2.62. The number of fused-ring (bicyclic) bond motifs is 3. The highest BCUT2D eigenvalue weighted by atomic mass is 16.8. The number of carbonyl (C=O) groups is 6. The number of aliphatic hydroxyl groups excluding tert-OH is 2. The first-order chi connectivity index (χ1) is 22.8. The highest BCUT2D eigenvalue weighted by Crippen LogP contribution is 2.50. The first-order valence-electron chi connectivity index (χ1n) is 16.5. The van der Waals surface area contributed by atoms with Crippen molar-refractivity contribution in [2.45, 2.75) is 128 Å². The van der Waals surface area contributed by atoms with Gasteiger partial charge in [-0.25, -0.2) is 0 Å². The standard InChI is InChI=1S/C32H44N2O14/c1-14(35)43-13-23-27(44-15(2)36)28(45-16(3)37)29(46-17(4)38)32(47-23)48-33-21-12-22(39)26(40)24-19(21)10-11-20-25(24)31(42)34(30(20)41)18-8-6-5-7-9-18/h18-20,22-29,32,39-40H,5-13H2,1-4H3/b33-21+/t19-,20-,22-,23-,24+,25-,26-,27?,28+,29?,32+/m1/s1. The molecule has 0 bridgehead atoms. The van der Waals surface area contributed by atoms with Gasteiger partial charge in [-0.1, -0.05) is 24.4 Å². The van der Waals surface area contributed by atoms with Gasteiger partial charge in [0.2, 0.25) is 17.9 Å². The molecule has 2 unspecified atom stereocenters. The fraction of sp³-hybridized carbons (Fsp3) is 0.781. The molecule has 266 valence electrons. The van der Waals surface area contributed by atoms with Gasteiger partial charge in [0.05, 0.1) is 29.8 Å². The van der Waals surface area contributed by atoms with Crippen molar-refractivity contribution in [1.29, 1.82) is 0 Å².